The molecule has 1 N–H and O–H groups in total. The second-order valence-electron chi connectivity index (χ2n) is 7.08. The first-order valence-corrected chi connectivity index (χ1v) is 9.26. The quantitative estimate of drug-likeness (QED) is 0.555. The molecular weight excluding hydrogens is 356 g/mol. The number of hydrogen-bond donors (Lipinski definition) is 1. The van der Waals surface area contributed by atoms with Crippen LogP contribution < -0.4 is 10.2 Å². The molecule has 0 saturated carbocycles. The highest BCUT2D eigenvalue weighted by molar-refractivity contribution is 5.67. The van der Waals surface area contributed by atoms with E-state index in [0.29, 0.717) is 11.7 Å². The maximum absolute atomic E-state index is 11.1. The number of nitrogens with one attached hydrogen (secondary N) is 1. The van der Waals surface area contributed by atoms with Crippen LogP contribution in [-0.2, 0) is 0 Å². The number of rotatable bonds is 4. The van der Waals surface area contributed by atoms with Crippen molar-refractivity contribution in [3.63, 3.8) is 0 Å². The lowest BCUT2D eigenvalue weighted by Crippen LogP contribution is -2.49. The Hall–Kier alpha value is -3.26. The number of piperazine rings is 1. The predicted octanol–water partition coefficient (Wildman–Crippen LogP) is 2.95. The van der Waals surface area contributed by atoms with E-state index in [2.05, 4.69) is 33.3 Å². The molecule has 2 aromatic heterocycles. The van der Waals surface area contributed by atoms with E-state index in [1.807, 2.05) is 25.5 Å². The Labute approximate surface area is 163 Å². The zero-order valence-corrected chi connectivity index (χ0v) is 15.9. The summed E-state index contributed by atoms with van der Waals surface area (Å²) < 4.78 is 1.68. The fraction of sp³-hybridized carbons (Fsp3) is 0.300. The van der Waals surface area contributed by atoms with Crippen molar-refractivity contribution >= 4 is 11.4 Å². The lowest BCUT2D eigenvalue weighted by Gasteiger charge is -2.35. The molecule has 144 valence electrons. The van der Waals surface area contributed by atoms with Crippen molar-refractivity contribution < 1.29 is 4.92 Å². The molecule has 0 spiro atoms. The molecule has 0 aliphatic carbocycles. The molecule has 28 heavy (non-hydrogen) atoms. The molecule has 1 aromatic carbocycles. The zero-order chi connectivity index (χ0) is 19.7. The number of non-ortho nitro benzene ring substituents is 1. The standard InChI is InChI=1S/C20H22N6O2/c1-14-3-4-18(26(27)28)8-20(14)25-13-17(11-23-25)16-7-19(12-22-10-16)24-6-5-21-9-15(24)2/h3-4,7-8,10-13,15,21H,5-6,9H2,1-2H3. The smallest absolute Gasteiger partial charge is 0.271 e. The zero-order valence-electron chi connectivity index (χ0n) is 15.9. The van der Waals surface area contributed by atoms with E-state index in [-0.39, 0.29) is 5.69 Å². The first-order chi connectivity index (χ1) is 13.5. The third-order valence-electron chi connectivity index (χ3n) is 5.12. The molecule has 1 aliphatic heterocycles. The summed E-state index contributed by atoms with van der Waals surface area (Å²) >= 11 is 0. The second-order valence-corrected chi connectivity index (χ2v) is 7.08. The van der Waals surface area contributed by atoms with Gasteiger partial charge in [-0.2, -0.15) is 5.10 Å². The van der Waals surface area contributed by atoms with Gasteiger partial charge in [0.15, 0.2) is 0 Å². The predicted molar refractivity (Wildman–Crippen MR) is 108 cm³/mol. The number of nitrogens with zero attached hydrogens (tertiary/aromatic N) is 5. The number of anilines is 1. The van der Waals surface area contributed by atoms with Gasteiger partial charge >= 0.3 is 0 Å². The summed E-state index contributed by atoms with van der Waals surface area (Å²) in [5.74, 6) is 0. The first-order valence-electron chi connectivity index (χ1n) is 9.26. The van der Waals surface area contributed by atoms with Crippen LogP contribution in [0.5, 0.6) is 0 Å². The molecule has 3 aromatic rings. The minimum Gasteiger partial charge on any atom is -0.365 e. The van der Waals surface area contributed by atoms with E-state index in [1.165, 1.54) is 6.07 Å². The number of pyridine rings is 1. The van der Waals surface area contributed by atoms with Gasteiger partial charge in [-0.05, 0) is 25.5 Å². The van der Waals surface area contributed by atoms with Crippen molar-refractivity contribution in [1.29, 1.82) is 0 Å². The van der Waals surface area contributed by atoms with Crippen LogP contribution in [0.25, 0.3) is 16.8 Å². The summed E-state index contributed by atoms with van der Waals surface area (Å²) in [7, 11) is 0. The number of nitro benzene ring substituents is 1. The maximum Gasteiger partial charge on any atom is 0.271 e. The fourth-order valence-corrected chi connectivity index (χ4v) is 3.53. The van der Waals surface area contributed by atoms with Crippen LogP contribution in [0.4, 0.5) is 11.4 Å². The molecule has 8 nitrogen and oxygen atoms in total. The van der Waals surface area contributed by atoms with Gasteiger partial charge < -0.3 is 10.2 Å². The van der Waals surface area contributed by atoms with E-state index in [0.717, 1.165) is 42.0 Å². The number of aromatic nitrogens is 3. The SMILES string of the molecule is Cc1ccc([N+](=O)[O-])cc1-n1cc(-c2cncc(N3CCNCC3C)c2)cn1. The Morgan fingerprint density at radius 1 is 1.21 bits per heavy atom. The van der Waals surface area contributed by atoms with E-state index in [9.17, 15) is 10.1 Å². The molecular formula is C20H22N6O2. The highest BCUT2D eigenvalue weighted by atomic mass is 16.6. The van der Waals surface area contributed by atoms with Gasteiger partial charge in [-0.25, -0.2) is 4.68 Å². The molecule has 1 atom stereocenters. The minimum absolute atomic E-state index is 0.0500. The van der Waals surface area contributed by atoms with Crippen molar-refractivity contribution in [3.8, 4) is 16.8 Å². The number of nitro groups is 1. The fourth-order valence-electron chi connectivity index (χ4n) is 3.53. The summed E-state index contributed by atoms with van der Waals surface area (Å²) in [4.78, 5) is 17.5. The van der Waals surface area contributed by atoms with Crippen molar-refractivity contribution in [3.05, 3.63) is 64.7 Å². The van der Waals surface area contributed by atoms with Crippen LogP contribution in [0.1, 0.15) is 12.5 Å². The molecule has 1 aliphatic rings. The molecule has 4 rings (SSSR count). The highest BCUT2D eigenvalue weighted by Gasteiger charge is 2.19. The largest absolute Gasteiger partial charge is 0.365 e. The summed E-state index contributed by atoms with van der Waals surface area (Å²) in [6, 6.07) is 7.31. The molecule has 0 bridgehead atoms. The average molecular weight is 378 g/mol. The van der Waals surface area contributed by atoms with Crippen molar-refractivity contribution in [2.45, 2.75) is 19.9 Å². The lowest BCUT2D eigenvalue weighted by atomic mass is 10.1. The summed E-state index contributed by atoms with van der Waals surface area (Å²) in [5, 5.41) is 18.9. The molecule has 0 radical (unpaired) electrons. The maximum atomic E-state index is 11.1. The summed E-state index contributed by atoms with van der Waals surface area (Å²) in [5.41, 5.74) is 4.64. The monoisotopic (exact) mass is 378 g/mol. The molecule has 1 saturated heterocycles. The first kappa shape index (κ1) is 18.1. The van der Waals surface area contributed by atoms with Crippen molar-refractivity contribution in [2.24, 2.45) is 0 Å². The third kappa shape index (κ3) is 3.46. The Kier molecular flexibility index (Phi) is 4.79. The molecule has 0 amide bonds. The van der Waals surface area contributed by atoms with E-state index in [4.69, 9.17) is 0 Å². The van der Waals surface area contributed by atoms with Gasteiger partial charge in [-0.15, -0.1) is 0 Å². The molecule has 1 fully saturated rings. The third-order valence-corrected chi connectivity index (χ3v) is 5.12. The van der Waals surface area contributed by atoms with Gasteiger partial charge in [0.2, 0.25) is 0 Å². The highest BCUT2D eigenvalue weighted by Crippen LogP contribution is 2.27. The Morgan fingerprint density at radius 3 is 2.86 bits per heavy atom. The van der Waals surface area contributed by atoms with Crippen LogP contribution in [0.2, 0.25) is 0 Å². The molecule has 1 unspecified atom stereocenters. The summed E-state index contributed by atoms with van der Waals surface area (Å²) in [6.45, 7) is 6.96. The Morgan fingerprint density at radius 2 is 2.07 bits per heavy atom. The van der Waals surface area contributed by atoms with Gasteiger partial charge in [0, 0.05) is 61.3 Å². The van der Waals surface area contributed by atoms with Gasteiger partial charge in [0.25, 0.3) is 5.69 Å². The van der Waals surface area contributed by atoms with Crippen molar-refractivity contribution in [1.82, 2.24) is 20.1 Å². The second kappa shape index (κ2) is 7.40. The Balaban J connectivity index is 1.66. The average Bonchev–Trinajstić information content (AvgIpc) is 3.18. The van der Waals surface area contributed by atoms with E-state index < -0.39 is 4.92 Å². The van der Waals surface area contributed by atoms with Crippen molar-refractivity contribution in [2.75, 3.05) is 24.5 Å². The minimum atomic E-state index is -0.393. The van der Waals surface area contributed by atoms with E-state index >= 15 is 0 Å². The van der Waals surface area contributed by atoms with Gasteiger partial charge in [0.1, 0.15) is 0 Å². The van der Waals surface area contributed by atoms with Crippen LogP contribution in [-0.4, -0.2) is 45.4 Å². The van der Waals surface area contributed by atoms with E-state index in [1.54, 1.807) is 23.0 Å². The molecule has 3 heterocycles. The van der Waals surface area contributed by atoms with Crippen LogP contribution in [0.3, 0.4) is 0 Å². The van der Waals surface area contributed by atoms with Crippen LogP contribution >= 0.6 is 0 Å². The topological polar surface area (TPSA) is 89.1 Å². The summed E-state index contributed by atoms with van der Waals surface area (Å²) in [6.07, 6.45) is 7.35. The number of hydrogen-bond acceptors (Lipinski definition) is 6. The normalized spacial score (nSPS) is 16.9. The lowest BCUT2D eigenvalue weighted by molar-refractivity contribution is -0.384. The Bertz CT molecular complexity index is 1020. The van der Waals surface area contributed by atoms with Crippen LogP contribution in [0, 0.1) is 17.0 Å². The number of aryl methyl sites for hydroxylation is 1. The van der Waals surface area contributed by atoms with Crippen LogP contribution in [0.15, 0.2) is 49.1 Å². The molecule has 8 heteroatoms. The number of benzene rings is 1. The van der Waals surface area contributed by atoms with Gasteiger partial charge in [-0.1, -0.05) is 6.07 Å². The van der Waals surface area contributed by atoms with Gasteiger partial charge in [0.05, 0.1) is 28.7 Å². The van der Waals surface area contributed by atoms with Gasteiger partial charge in [-0.3, -0.25) is 15.1 Å².